The third-order valence-corrected chi connectivity index (χ3v) is 3.50. The van der Waals surface area contributed by atoms with Crippen LogP contribution in [0.25, 0.3) is 0 Å². The second-order valence-corrected chi connectivity index (χ2v) is 6.91. The number of Topliss-reactive ketones (excluding diaryl/α,β-unsaturated/α-hetero) is 1. The molecular formula is C16H22O3S. The maximum absolute atomic E-state index is 12.2. The lowest BCUT2D eigenvalue weighted by Crippen LogP contribution is -2.31. The Morgan fingerprint density at radius 3 is 2.20 bits per heavy atom. The first-order valence-corrected chi connectivity index (χ1v) is 7.73. The Morgan fingerprint density at radius 1 is 1.20 bits per heavy atom. The lowest BCUT2D eigenvalue weighted by molar-refractivity contribution is -0.157. The van der Waals surface area contributed by atoms with E-state index >= 15 is 0 Å². The number of thioether (sulfide) groups is 1. The van der Waals surface area contributed by atoms with Crippen LogP contribution in [0.2, 0.25) is 0 Å². The summed E-state index contributed by atoms with van der Waals surface area (Å²) in [5.74, 6) is -0.470. The summed E-state index contributed by atoms with van der Waals surface area (Å²) in [5.41, 5.74) is -0.0309. The molecule has 1 aromatic rings. The molecule has 110 valence electrons. The van der Waals surface area contributed by atoms with E-state index < -0.39 is 17.5 Å². The second kappa shape index (κ2) is 6.93. The molecule has 0 spiro atoms. The number of ether oxygens (including phenoxy) is 1. The molecule has 0 fully saturated rings. The second-order valence-electron chi connectivity index (χ2n) is 5.58. The van der Waals surface area contributed by atoms with E-state index in [4.69, 9.17) is 4.74 Å². The van der Waals surface area contributed by atoms with E-state index in [1.54, 1.807) is 51.6 Å². The van der Waals surface area contributed by atoms with Crippen LogP contribution in [0.4, 0.5) is 0 Å². The molecule has 0 aliphatic carbocycles. The molecule has 0 saturated heterocycles. The molecule has 1 rings (SSSR count). The highest BCUT2D eigenvalue weighted by Crippen LogP contribution is 2.20. The zero-order valence-electron chi connectivity index (χ0n) is 12.7. The monoisotopic (exact) mass is 294 g/mol. The fourth-order valence-corrected chi connectivity index (χ4v) is 2.29. The van der Waals surface area contributed by atoms with Crippen molar-refractivity contribution in [3.8, 4) is 0 Å². The largest absolute Gasteiger partial charge is 0.459 e. The smallest absolute Gasteiger partial charge is 0.317 e. The molecule has 0 aliphatic heterocycles. The molecule has 0 N–H and O–H groups in total. The van der Waals surface area contributed by atoms with Crippen LogP contribution in [-0.4, -0.2) is 23.1 Å². The van der Waals surface area contributed by atoms with Gasteiger partial charge in [0.15, 0.2) is 5.78 Å². The van der Waals surface area contributed by atoms with Gasteiger partial charge in [0.2, 0.25) is 0 Å². The number of ketones is 1. The molecule has 0 aromatic heterocycles. The van der Waals surface area contributed by atoms with E-state index in [-0.39, 0.29) is 5.78 Å². The summed E-state index contributed by atoms with van der Waals surface area (Å²) in [6.45, 7) is 9.04. The number of hydrogen-bond acceptors (Lipinski definition) is 4. The van der Waals surface area contributed by atoms with Gasteiger partial charge >= 0.3 is 5.97 Å². The Bertz CT molecular complexity index is 471. The molecule has 1 unspecified atom stereocenters. The Kier molecular flexibility index (Phi) is 5.81. The lowest BCUT2D eigenvalue weighted by atomic mass is 9.99. The van der Waals surface area contributed by atoms with E-state index in [0.29, 0.717) is 5.56 Å². The zero-order chi connectivity index (χ0) is 15.3. The number of carbonyl (C=O) groups excluding carboxylic acids is 2. The van der Waals surface area contributed by atoms with Crippen molar-refractivity contribution >= 4 is 23.5 Å². The highest BCUT2D eigenvalue weighted by molar-refractivity contribution is 7.99. The predicted octanol–water partition coefficient (Wildman–Crippen LogP) is 3.96. The van der Waals surface area contributed by atoms with Gasteiger partial charge in [0.1, 0.15) is 11.5 Å². The van der Waals surface area contributed by atoms with Gasteiger partial charge in [-0.1, -0.05) is 19.1 Å². The van der Waals surface area contributed by atoms with Gasteiger partial charge in [0, 0.05) is 10.5 Å². The Labute approximate surface area is 125 Å². The Morgan fingerprint density at radius 2 is 1.75 bits per heavy atom. The normalized spacial score (nSPS) is 12.8. The fourth-order valence-electron chi connectivity index (χ4n) is 1.63. The third kappa shape index (κ3) is 5.00. The minimum Gasteiger partial charge on any atom is -0.459 e. The molecule has 0 saturated carbocycles. The molecule has 0 aliphatic rings. The van der Waals surface area contributed by atoms with Crippen LogP contribution in [0, 0.1) is 5.92 Å². The van der Waals surface area contributed by atoms with Gasteiger partial charge in [-0.2, -0.15) is 0 Å². The van der Waals surface area contributed by atoms with Crippen LogP contribution in [0.3, 0.4) is 0 Å². The molecule has 3 nitrogen and oxygen atoms in total. The summed E-state index contributed by atoms with van der Waals surface area (Å²) in [6, 6.07) is 7.34. The maximum Gasteiger partial charge on any atom is 0.317 e. The number of carbonyl (C=O) groups is 2. The molecule has 1 atom stereocenters. The molecule has 0 heterocycles. The van der Waals surface area contributed by atoms with Crippen molar-refractivity contribution in [2.45, 2.75) is 45.1 Å². The van der Waals surface area contributed by atoms with Crippen molar-refractivity contribution in [1.29, 1.82) is 0 Å². The first-order valence-electron chi connectivity index (χ1n) is 6.74. The van der Waals surface area contributed by atoms with Gasteiger partial charge in [-0.15, -0.1) is 11.8 Å². The molecule has 1 aromatic carbocycles. The Hall–Kier alpha value is -1.29. The first-order chi connectivity index (χ1) is 9.24. The highest BCUT2D eigenvalue weighted by Gasteiger charge is 2.27. The maximum atomic E-state index is 12.2. The number of hydrogen-bond donors (Lipinski definition) is 0. The summed E-state index contributed by atoms with van der Waals surface area (Å²) in [7, 11) is 0. The number of esters is 1. The van der Waals surface area contributed by atoms with Crippen molar-refractivity contribution < 1.29 is 14.3 Å². The quantitative estimate of drug-likeness (QED) is 0.357. The molecule has 20 heavy (non-hydrogen) atoms. The van der Waals surface area contributed by atoms with Gasteiger partial charge in [0.05, 0.1) is 0 Å². The summed E-state index contributed by atoms with van der Waals surface area (Å²) in [6.07, 6.45) is 0. The van der Waals surface area contributed by atoms with Crippen LogP contribution in [0.5, 0.6) is 0 Å². The van der Waals surface area contributed by atoms with Crippen LogP contribution < -0.4 is 0 Å². The van der Waals surface area contributed by atoms with E-state index in [1.807, 2.05) is 12.1 Å². The van der Waals surface area contributed by atoms with E-state index in [0.717, 1.165) is 10.6 Å². The van der Waals surface area contributed by atoms with Crippen LogP contribution in [0.15, 0.2) is 29.2 Å². The van der Waals surface area contributed by atoms with Gasteiger partial charge in [-0.25, -0.2) is 0 Å². The molecule has 0 amide bonds. The number of rotatable bonds is 5. The molecule has 0 bridgehead atoms. The molecule has 0 radical (unpaired) electrons. The minimum atomic E-state index is -0.779. The predicted molar refractivity (Wildman–Crippen MR) is 82.2 cm³/mol. The average molecular weight is 294 g/mol. The topological polar surface area (TPSA) is 43.4 Å². The SMILES string of the molecule is CCSc1ccc(C(=O)C(C)C(=O)OC(C)(C)C)cc1. The van der Waals surface area contributed by atoms with Crippen molar-refractivity contribution in [3.05, 3.63) is 29.8 Å². The van der Waals surface area contributed by atoms with Crippen LogP contribution in [0.1, 0.15) is 45.0 Å². The number of benzene rings is 1. The van der Waals surface area contributed by atoms with Crippen LogP contribution in [-0.2, 0) is 9.53 Å². The van der Waals surface area contributed by atoms with Crippen molar-refractivity contribution in [1.82, 2.24) is 0 Å². The first kappa shape index (κ1) is 16.8. The van der Waals surface area contributed by atoms with Crippen LogP contribution >= 0.6 is 11.8 Å². The van der Waals surface area contributed by atoms with Gasteiger partial charge < -0.3 is 4.74 Å². The van der Waals surface area contributed by atoms with E-state index in [2.05, 4.69) is 6.92 Å². The van der Waals surface area contributed by atoms with Crippen molar-refractivity contribution in [3.63, 3.8) is 0 Å². The third-order valence-electron chi connectivity index (χ3n) is 2.60. The summed E-state index contributed by atoms with van der Waals surface area (Å²) in [5, 5.41) is 0. The average Bonchev–Trinajstić information content (AvgIpc) is 2.36. The summed E-state index contributed by atoms with van der Waals surface area (Å²) < 4.78 is 5.24. The lowest BCUT2D eigenvalue weighted by Gasteiger charge is -2.21. The van der Waals surface area contributed by atoms with Crippen molar-refractivity contribution in [2.24, 2.45) is 5.92 Å². The van der Waals surface area contributed by atoms with Gasteiger partial charge in [0.25, 0.3) is 0 Å². The summed E-state index contributed by atoms with van der Waals surface area (Å²) >= 11 is 1.72. The highest BCUT2D eigenvalue weighted by atomic mass is 32.2. The van der Waals surface area contributed by atoms with Crippen molar-refractivity contribution in [2.75, 3.05) is 5.75 Å². The van der Waals surface area contributed by atoms with E-state index in [1.165, 1.54) is 0 Å². The summed E-state index contributed by atoms with van der Waals surface area (Å²) in [4.78, 5) is 25.2. The van der Waals surface area contributed by atoms with E-state index in [9.17, 15) is 9.59 Å². The minimum absolute atomic E-state index is 0.202. The fraction of sp³-hybridized carbons (Fsp3) is 0.500. The van der Waals surface area contributed by atoms with Gasteiger partial charge in [-0.05, 0) is 45.6 Å². The van der Waals surface area contributed by atoms with Gasteiger partial charge in [-0.3, -0.25) is 9.59 Å². The zero-order valence-corrected chi connectivity index (χ0v) is 13.5. The standard InChI is InChI=1S/C16H22O3S/c1-6-20-13-9-7-12(8-10-13)14(17)11(2)15(18)19-16(3,4)5/h7-11H,6H2,1-5H3. The Balaban J connectivity index is 2.76. The molecular weight excluding hydrogens is 272 g/mol. The molecule has 4 heteroatoms.